The van der Waals surface area contributed by atoms with Crippen molar-refractivity contribution in [3.63, 3.8) is 0 Å². The molecule has 1 aromatic heterocycles. The first-order valence-corrected chi connectivity index (χ1v) is 4.49. The van der Waals surface area contributed by atoms with Crippen molar-refractivity contribution in [1.82, 2.24) is 4.98 Å². The predicted molar refractivity (Wildman–Crippen MR) is 53.2 cm³/mol. The Bertz CT molecular complexity index is 340. The minimum atomic E-state index is -1.10. The number of carboxylic acids is 1. The van der Waals surface area contributed by atoms with Gasteiger partial charge in [-0.15, -0.1) is 0 Å². The van der Waals surface area contributed by atoms with Gasteiger partial charge in [0.15, 0.2) is 11.4 Å². The first-order chi connectivity index (χ1) is 7.15. The average molecular weight is 211 g/mol. The zero-order chi connectivity index (χ0) is 11.3. The van der Waals surface area contributed by atoms with Gasteiger partial charge >= 0.3 is 5.97 Å². The number of methoxy groups -OCH3 is 1. The first-order valence-electron chi connectivity index (χ1n) is 4.49. The van der Waals surface area contributed by atoms with Gasteiger partial charge in [0.05, 0.1) is 6.10 Å². The molecule has 1 unspecified atom stereocenters. The largest absolute Gasteiger partial charge is 0.488 e. The van der Waals surface area contributed by atoms with E-state index in [9.17, 15) is 4.79 Å². The highest BCUT2D eigenvalue weighted by Crippen LogP contribution is 2.15. The number of aromatic carboxylic acids is 1. The van der Waals surface area contributed by atoms with Crippen molar-refractivity contribution >= 4 is 5.97 Å². The number of rotatable bonds is 5. The Balaban J connectivity index is 2.72. The molecule has 0 spiro atoms. The van der Waals surface area contributed by atoms with Crippen molar-refractivity contribution in [3.05, 3.63) is 24.0 Å². The monoisotopic (exact) mass is 211 g/mol. The fraction of sp³-hybridized carbons (Fsp3) is 0.400. The summed E-state index contributed by atoms with van der Waals surface area (Å²) < 4.78 is 10.3. The van der Waals surface area contributed by atoms with Gasteiger partial charge in [-0.05, 0) is 19.1 Å². The van der Waals surface area contributed by atoms with E-state index < -0.39 is 5.97 Å². The molecule has 1 heterocycles. The highest BCUT2D eigenvalue weighted by molar-refractivity contribution is 5.88. The Morgan fingerprint density at radius 3 is 3.00 bits per heavy atom. The Morgan fingerprint density at radius 2 is 2.40 bits per heavy atom. The molecule has 0 aromatic carbocycles. The van der Waals surface area contributed by atoms with Gasteiger partial charge < -0.3 is 14.6 Å². The molecule has 82 valence electrons. The maximum atomic E-state index is 10.8. The third-order valence-corrected chi connectivity index (χ3v) is 1.85. The van der Waals surface area contributed by atoms with Gasteiger partial charge in [0.25, 0.3) is 0 Å². The lowest BCUT2D eigenvalue weighted by Gasteiger charge is -2.12. The standard InChI is InChI=1S/C10H13NO4/c1-7(14-2)6-15-8-4-3-5-11-9(8)10(12)13/h3-5,7H,6H2,1-2H3,(H,12,13). The van der Waals surface area contributed by atoms with Crippen LogP contribution in [-0.2, 0) is 4.74 Å². The molecule has 1 atom stereocenters. The average Bonchev–Trinajstić information content (AvgIpc) is 2.26. The van der Waals surface area contributed by atoms with Crippen LogP contribution in [0, 0.1) is 0 Å². The van der Waals surface area contributed by atoms with Crippen molar-refractivity contribution in [2.45, 2.75) is 13.0 Å². The molecule has 1 aromatic rings. The van der Waals surface area contributed by atoms with Crippen molar-refractivity contribution in [2.24, 2.45) is 0 Å². The molecule has 0 fully saturated rings. The number of ether oxygens (including phenoxy) is 2. The summed E-state index contributed by atoms with van der Waals surface area (Å²) in [6, 6.07) is 3.19. The van der Waals surface area contributed by atoms with E-state index in [4.69, 9.17) is 14.6 Å². The Kier molecular flexibility index (Phi) is 4.05. The van der Waals surface area contributed by atoms with Crippen LogP contribution in [0.25, 0.3) is 0 Å². The molecule has 15 heavy (non-hydrogen) atoms. The zero-order valence-electron chi connectivity index (χ0n) is 8.64. The highest BCUT2D eigenvalue weighted by atomic mass is 16.5. The van der Waals surface area contributed by atoms with Crippen LogP contribution in [0.3, 0.4) is 0 Å². The second-order valence-electron chi connectivity index (χ2n) is 3.01. The minimum Gasteiger partial charge on any atom is -0.488 e. The van der Waals surface area contributed by atoms with E-state index in [0.717, 1.165) is 0 Å². The molecule has 5 heteroatoms. The normalized spacial score (nSPS) is 12.1. The van der Waals surface area contributed by atoms with Gasteiger partial charge in [0.1, 0.15) is 6.61 Å². The molecule has 0 aliphatic heterocycles. The number of nitrogens with zero attached hydrogens (tertiary/aromatic N) is 1. The first kappa shape index (κ1) is 11.5. The molecule has 0 aliphatic carbocycles. The van der Waals surface area contributed by atoms with Crippen LogP contribution >= 0.6 is 0 Å². The summed E-state index contributed by atoms with van der Waals surface area (Å²) >= 11 is 0. The van der Waals surface area contributed by atoms with Crippen LogP contribution in [0.1, 0.15) is 17.4 Å². The Morgan fingerprint density at radius 1 is 1.67 bits per heavy atom. The zero-order valence-corrected chi connectivity index (χ0v) is 8.64. The molecule has 0 amide bonds. The number of carboxylic acid groups (broad SMARTS) is 1. The summed E-state index contributed by atoms with van der Waals surface area (Å²) in [6.45, 7) is 2.12. The lowest BCUT2D eigenvalue weighted by Crippen LogP contribution is -2.17. The molecular formula is C10H13NO4. The summed E-state index contributed by atoms with van der Waals surface area (Å²) in [4.78, 5) is 14.5. The molecule has 1 rings (SSSR count). The quantitative estimate of drug-likeness (QED) is 0.792. The molecule has 0 saturated heterocycles. The van der Waals surface area contributed by atoms with Gasteiger partial charge in [-0.25, -0.2) is 9.78 Å². The van der Waals surface area contributed by atoms with E-state index in [1.165, 1.54) is 6.20 Å². The third kappa shape index (κ3) is 3.21. The predicted octanol–water partition coefficient (Wildman–Crippen LogP) is 1.19. The fourth-order valence-electron chi connectivity index (χ4n) is 0.943. The summed E-state index contributed by atoms with van der Waals surface area (Å²) in [5.41, 5.74) is -0.0826. The topological polar surface area (TPSA) is 68.7 Å². The lowest BCUT2D eigenvalue weighted by atomic mass is 10.3. The van der Waals surface area contributed by atoms with Crippen LogP contribution in [-0.4, -0.2) is 35.9 Å². The summed E-state index contributed by atoms with van der Waals surface area (Å²) in [6.07, 6.45) is 1.32. The second-order valence-corrected chi connectivity index (χ2v) is 3.01. The van der Waals surface area contributed by atoms with Crippen LogP contribution in [0.5, 0.6) is 5.75 Å². The molecular weight excluding hydrogens is 198 g/mol. The van der Waals surface area contributed by atoms with E-state index in [-0.39, 0.29) is 17.5 Å². The smallest absolute Gasteiger partial charge is 0.358 e. The molecule has 0 radical (unpaired) electrons. The summed E-state index contributed by atoms with van der Waals surface area (Å²) in [5.74, 6) is -0.843. The second kappa shape index (κ2) is 5.31. The van der Waals surface area contributed by atoms with Crippen molar-refractivity contribution in [1.29, 1.82) is 0 Å². The third-order valence-electron chi connectivity index (χ3n) is 1.85. The van der Waals surface area contributed by atoms with Gasteiger partial charge in [-0.1, -0.05) is 0 Å². The summed E-state index contributed by atoms with van der Waals surface area (Å²) in [7, 11) is 1.56. The molecule has 0 aliphatic rings. The van der Waals surface area contributed by atoms with Gasteiger partial charge in [-0.2, -0.15) is 0 Å². The number of aromatic nitrogens is 1. The SMILES string of the molecule is COC(C)COc1cccnc1C(=O)O. The Hall–Kier alpha value is -1.62. The van der Waals surface area contributed by atoms with Gasteiger partial charge in [-0.3, -0.25) is 0 Å². The number of carbonyl (C=O) groups is 1. The van der Waals surface area contributed by atoms with E-state index in [0.29, 0.717) is 6.61 Å². The highest BCUT2D eigenvalue weighted by Gasteiger charge is 2.12. The van der Waals surface area contributed by atoms with E-state index in [1.54, 1.807) is 19.2 Å². The lowest BCUT2D eigenvalue weighted by molar-refractivity contribution is 0.0639. The number of hydrogen-bond acceptors (Lipinski definition) is 4. The van der Waals surface area contributed by atoms with E-state index in [1.807, 2.05) is 6.92 Å². The molecule has 0 bridgehead atoms. The van der Waals surface area contributed by atoms with Gasteiger partial charge in [0, 0.05) is 13.3 Å². The van der Waals surface area contributed by atoms with Gasteiger partial charge in [0.2, 0.25) is 0 Å². The number of pyridine rings is 1. The van der Waals surface area contributed by atoms with Crippen molar-refractivity contribution in [3.8, 4) is 5.75 Å². The van der Waals surface area contributed by atoms with Crippen LogP contribution in [0.4, 0.5) is 0 Å². The molecule has 1 N–H and O–H groups in total. The molecule has 5 nitrogen and oxygen atoms in total. The number of hydrogen-bond donors (Lipinski definition) is 1. The van der Waals surface area contributed by atoms with Crippen LogP contribution < -0.4 is 4.74 Å². The maximum absolute atomic E-state index is 10.8. The van der Waals surface area contributed by atoms with Crippen LogP contribution in [0.2, 0.25) is 0 Å². The van der Waals surface area contributed by atoms with E-state index >= 15 is 0 Å². The van der Waals surface area contributed by atoms with Crippen molar-refractivity contribution < 1.29 is 19.4 Å². The maximum Gasteiger partial charge on any atom is 0.358 e. The van der Waals surface area contributed by atoms with Crippen molar-refractivity contribution in [2.75, 3.05) is 13.7 Å². The van der Waals surface area contributed by atoms with Crippen LogP contribution in [0.15, 0.2) is 18.3 Å². The Labute approximate surface area is 87.7 Å². The fourth-order valence-corrected chi connectivity index (χ4v) is 0.943. The van der Waals surface area contributed by atoms with E-state index in [2.05, 4.69) is 4.98 Å². The minimum absolute atomic E-state index is 0.0826. The molecule has 0 saturated carbocycles. The summed E-state index contributed by atoms with van der Waals surface area (Å²) in [5, 5.41) is 8.81.